The predicted octanol–water partition coefficient (Wildman–Crippen LogP) is 1.58. The second-order valence-corrected chi connectivity index (χ2v) is 6.91. The first-order valence-corrected chi connectivity index (χ1v) is 9.30. The average Bonchev–Trinajstić information content (AvgIpc) is 3.06. The molecule has 29 heavy (non-hydrogen) atoms. The van der Waals surface area contributed by atoms with Crippen LogP contribution >= 0.6 is 23.6 Å². The fourth-order valence-electron chi connectivity index (χ4n) is 2.05. The summed E-state index contributed by atoms with van der Waals surface area (Å²) in [6, 6.07) is 6.17. The summed E-state index contributed by atoms with van der Waals surface area (Å²) in [5.74, 6) is 4.98. The minimum absolute atomic E-state index is 0.0203. The number of hydrazone groups is 1. The van der Waals surface area contributed by atoms with Crippen molar-refractivity contribution in [1.29, 1.82) is 0 Å². The zero-order chi connectivity index (χ0) is 21.4. The second kappa shape index (κ2) is 10.2. The van der Waals surface area contributed by atoms with Crippen LogP contribution < -0.4 is 27.5 Å². The van der Waals surface area contributed by atoms with Gasteiger partial charge < -0.3 is 0 Å². The zero-order valence-electron chi connectivity index (χ0n) is 15.4. The number of non-ortho nitro benzene ring substituents is 1. The maximum absolute atomic E-state index is 11.1. The summed E-state index contributed by atoms with van der Waals surface area (Å²) in [6.07, 6.45) is 3.33. The number of carbonyl (C=O) groups excluding carboxylic acids is 1. The first-order valence-electron chi connectivity index (χ1n) is 8.07. The molecule has 0 unspecified atom stereocenters. The normalized spacial score (nSPS) is 11.2. The van der Waals surface area contributed by atoms with Crippen LogP contribution in [0.1, 0.15) is 23.1 Å². The molecule has 0 saturated heterocycles. The smallest absolute Gasteiger partial charge is 0.270 e. The Hall–Kier alpha value is -3.42. The third kappa shape index (κ3) is 6.60. The van der Waals surface area contributed by atoms with Crippen LogP contribution in [0.3, 0.4) is 0 Å². The number of hydrogen-bond donors (Lipinski definition) is 5. The summed E-state index contributed by atoms with van der Waals surface area (Å²) >= 11 is 6.18. The van der Waals surface area contributed by atoms with Crippen LogP contribution in [0.25, 0.3) is 6.08 Å². The molecule has 0 atom stereocenters. The van der Waals surface area contributed by atoms with E-state index in [1.807, 2.05) is 0 Å². The Morgan fingerprint density at radius 1 is 1.45 bits per heavy atom. The molecule has 11 nitrogen and oxygen atoms in total. The Bertz CT molecular complexity index is 986. The van der Waals surface area contributed by atoms with E-state index >= 15 is 0 Å². The van der Waals surface area contributed by atoms with Crippen molar-refractivity contribution in [2.45, 2.75) is 13.8 Å². The Morgan fingerprint density at radius 3 is 2.86 bits per heavy atom. The summed E-state index contributed by atoms with van der Waals surface area (Å²) in [7, 11) is 0. The van der Waals surface area contributed by atoms with Crippen LogP contribution in [0.4, 0.5) is 10.8 Å². The van der Waals surface area contributed by atoms with Gasteiger partial charge in [0, 0.05) is 19.1 Å². The Balaban J connectivity index is 2.35. The molecule has 2 rings (SSSR count). The van der Waals surface area contributed by atoms with Gasteiger partial charge in [0.25, 0.3) is 5.69 Å². The molecular weight excluding hydrogens is 416 g/mol. The molecule has 0 fully saturated rings. The molecule has 13 heteroatoms. The topological polar surface area (TPSA) is 160 Å². The van der Waals surface area contributed by atoms with E-state index in [1.54, 1.807) is 31.2 Å². The molecule has 0 aliphatic rings. The molecule has 1 aromatic carbocycles. The number of amides is 1. The third-order valence-electron chi connectivity index (χ3n) is 3.30. The highest BCUT2D eigenvalue weighted by Crippen LogP contribution is 2.24. The number of allylic oxidation sites excluding steroid dienone is 1. The van der Waals surface area contributed by atoms with E-state index in [0.29, 0.717) is 27.0 Å². The van der Waals surface area contributed by atoms with Crippen LogP contribution in [-0.2, 0) is 4.79 Å². The van der Waals surface area contributed by atoms with Gasteiger partial charge in [-0.25, -0.2) is 10.8 Å². The molecule has 0 aliphatic carbocycles. The molecule has 1 aromatic heterocycles. The number of rotatable bonds is 7. The van der Waals surface area contributed by atoms with Gasteiger partial charge in [-0.05, 0) is 30.8 Å². The number of aryl methyl sites for hydroxylation is 1. The van der Waals surface area contributed by atoms with Gasteiger partial charge in [0.15, 0.2) is 0 Å². The molecule has 1 heterocycles. The number of hydrogen-bond acceptors (Lipinski definition) is 9. The summed E-state index contributed by atoms with van der Waals surface area (Å²) in [4.78, 5) is 26.6. The number of benzene rings is 1. The van der Waals surface area contributed by atoms with Crippen molar-refractivity contribution in [3.05, 3.63) is 56.6 Å². The third-order valence-corrected chi connectivity index (χ3v) is 4.60. The van der Waals surface area contributed by atoms with Crippen molar-refractivity contribution in [2.75, 3.05) is 5.43 Å². The number of carbonyl (C=O) groups is 1. The average molecular weight is 435 g/mol. The van der Waals surface area contributed by atoms with E-state index in [2.05, 4.69) is 31.8 Å². The van der Waals surface area contributed by atoms with Crippen molar-refractivity contribution in [1.82, 2.24) is 21.3 Å². The number of nitro benzene ring substituents is 1. The molecule has 0 spiro atoms. The lowest BCUT2D eigenvalue weighted by Gasteiger charge is -2.04. The molecule has 6 N–H and O–H groups in total. The van der Waals surface area contributed by atoms with E-state index in [4.69, 9.17) is 18.1 Å². The lowest BCUT2D eigenvalue weighted by atomic mass is 10.1. The minimum Gasteiger partial charge on any atom is -0.300 e. The molecule has 0 aliphatic heterocycles. The number of hydrazine groups is 2. The zero-order valence-corrected chi connectivity index (χ0v) is 17.1. The monoisotopic (exact) mass is 434 g/mol. The second-order valence-electron chi connectivity index (χ2n) is 5.51. The van der Waals surface area contributed by atoms with Gasteiger partial charge in [-0.1, -0.05) is 29.5 Å². The van der Waals surface area contributed by atoms with E-state index in [0.717, 1.165) is 0 Å². The quantitative estimate of drug-likeness (QED) is 0.143. The number of aromatic nitrogens is 1. The van der Waals surface area contributed by atoms with Gasteiger partial charge in [-0.3, -0.25) is 36.6 Å². The van der Waals surface area contributed by atoms with E-state index < -0.39 is 4.92 Å². The van der Waals surface area contributed by atoms with Gasteiger partial charge in [0.1, 0.15) is 5.71 Å². The van der Waals surface area contributed by atoms with Gasteiger partial charge in [0.2, 0.25) is 16.2 Å². The maximum atomic E-state index is 11.1. The number of nitrogens with one attached hydrogen (secondary N) is 4. The maximum Gasteiger partial charge on any atom is 0.270 e. The predicted molar refractivity (Wildman–Crippen MR) is 116 cm³/mol. The molecule has 152 valence electrons. The number of nitrogens with two attached hydrogens (primary N) is 1. The SMILES string of the molecule is CC(=O)NNc1nc(C)c(C(/C=C\c2cccc([N+](=O)[O-])c2)=N\NC(=S)NN)s1. The Morgan fingerprint density at radius 2 is 2.21 bits per heavy atom. The number of thiocarbonyl (C=S) groups is 1. The van der Waals surface area contributed by atoms with Crippen molar-refractivity contribution in [2.24, 2.45) is 10.9 Å². The number of thiazole rings is 1. The van der Waals surface area contributed by atoms with Crippen molar-refractivity contribution < 1.29 is 9.72 Å². The highest BCUT2D eigenvalue weighted by Gasteiger charge is 2.13. The summed E-state index contributed by atoms with van der Waals surface area (Å²) in [5.41, 5.74) is 11.7. The standard InChI is InChI=1S/C16H18N8O3S2/c1-9-14(29-16(18-9)23-20-10(2)25)13(21-22-15(28)19-17)7-6-11-4-3-5-12(8-11)24(26)27/h3-8H,17H2,1-2H3,(H,18,23)(H,20,25)(H2,19,22,28)/b7-6-,21-13-. The largest absolute Gasteiger partial charge is 0.300 e. The number of anilines is 1. The lowest BCUT2D eigenvalue weighted by Crippen LogP contribution is -2.37. The van der Waals surface area contributed by atoms with Gasteiger partial charge in [-0.2, -0.15) is 5.10 Å². The van der Waals surface area contributed by atoms with E-state index in [9.17, 15) is 14.9 Å². The molecule has 0 bridgehead atoms. The number of nitro groups is 1. The summed E-state index contributed by atoms with van der Waals surface area (Å²) < 4.78 is 0. The summed E-state index contributed by atoms with van der Waals surface area (Å²) in [6.45, 7) is 3.15. The van der Waals surface area contributed by atoms with Crippen LogP contribution in [0.15, 0.2) is 35.4 Å². The van der Waals surface area contributed by atoms with Gasteiger partial charge >= 0.3 is 0 Å². The van der Waals surface area contributed by atoms with E-state index in [1.165, 1.54) is 30.4 Å². The fourth-order valence-corrected chi connectivity index (χ4v) is 2.99. The highest BCUT2D eigenvalue weighted by atomic mass is 32.1. The van der Waals surface area contributed by atoms with Crippen LogP contribution in [0.2, 0.25) is 0 Å². The van der Waals surface area contributed by atoms with Crippen molar-refractivity contribution in [3.63, 3.8) is 0 Å². The van der Waals surface area contributed by atoms with Crippen molar-refractivity contribution >= 4 is 57.2 Å². The molecule has 0 saturated carbocycles. The fraction of sp³-hybridized carbons (Fsp3) is 0.125. The molecular formula is C16H18N8O3S2. The van der Waals surface area contributed by atoms with Crippen LogP contribution in [0.5, 0.6) is 0 Å². The van der Waals surface area contributed by atoms with Gasteiger partial charge in [0.05, 0.1) is 15.5 Å². The molecule has 2 aromatic rings. The minimum atomic E-state index is -0.466. The first-order chi connectivity index (χ1) is 13.8. The van der Waals surface area contributed by atoms with Crippen LogP contribution in [-0.4, -0.2) is 26.6 Å². The Labute approximate surface area is 175 Å². The Kier molecular flexibility index (Phi) is 7.70. The number of nitrogens with zero attached hydrogens (tertiary/aromatic N) is 3. The molecule has 0 radical (unpaired) electrons. The van der Waals surface area contributed by atoms with Gasteiger partial charge in [-0.15, -0.1) is 0 Å². The lowest BCUT2D eigenvalue weighted by molar-refractivity contribution is -0.384. The first kappa shape index (κ1) is 21.9. The highest BCUT2D eigenvalue weighted by molar-refractivity contribution is 7.80. The van der Waals surface area contributed by atoms with Crippen molar-refractivity contribution in [3.8, 4) is 0 Å². The van der Waals surface area contributed by atoms with Crippen LogP contribution in [0, 0.1) is 17.0 Å². The van der Waals surface area contributed by atoms with E-state index in [-0.39, 0.29) is 16.7 Å². The summed E-state index contributed by atoms with van der Waals surface area (Å²) in [5, 5.41) is 15.7. The molecule has 1 amide bonds.